The summed E-state index contributed by atoms with van der Waals surface area (Å²) in [6.45, 7) is 4.54. The quantitative estimate of drug-likeness (QED) is 0.797. The molecule has 31 heavy (non-hydrogen) atoms. The average Bonchev–Trinajstić information content (AvgIpc) is 3.17. The molecule has 4 rings (SSSR count). The van der Waals surface area contributed by atoms with Gasteiger partial charge in [-0.25, -0.2) is 0 Å². The van der Waals surface area contributed by atoms with Crippen LogP contribution in [-0.2, 0) is 9.59 Å². The number of hydrogen-bond acceptors (Lipinski definition) is 5. The van der Waals surface area contributed by atoms with Gasteiger partial charge >= 0.3 is 0 Å². The fourth-order valence-corrected chi connectivity index (χ4v) is 4.43. The number of nitrogens with one attached hydrogen (secondary N) is 1. The maximum atomic E-state index is 13.1. The average molecular weight is 424 g/mol. The molecule has 164 valence electrons. The lowest BCUT2D eigenvalue weighted by atomic mass is 10.1. The van der Waals surface area contributed by atoms with Crippen LogP contribution in [0.1, 0.15) is 30.1 Å². The smallest absolute Gasteiger partial charge is 0.255 e. The van der Waals surface area contributed by atoms with Crippen LogP contribution in [0.25, 0.3) is 10.9 Å². The van der Waals surface area contributed by atoms with E-state index in [-0.39, 0.29) is 29.8 Å². The fraction of sp³-hybridized carbons (Fsp3) is 0.478. The van der Waals surface area contributed by atoms with E-state index in [1.807, 2.05) is 54.1 Å². The Morgan fingerprint density at radius 1 is 1.10 bits per heavy atom. The molecule has 0 bridgehead atoms. The first-order valence-electron chi connectivity index (χ1n) is 10.9. The first-order chi connectivity index (χ1) is 15.0. The summed E-state index contributed by atoms with van der Waals surface area (Å²) in [5, 5.41) is 3.93. The van der Waals surface area contributed by atoms with E-state index in [2.05, 4.69) is 10.3 Å². The van der Waals surface area contributed by atoms with Crippen molar-refractivity contribution in [2.24, 2.45) is 0 Å². The van der Waals surface area contributed by atoms with Gasteiger partial charge in [0, 0.05) is 56.8 Å². The Kier molecular flexibility index (Phi) is 6.18. The van der Waals surface area contributed by atoms with E-state index in [1.165, 1.54) is 0 Å². The summed E-state index contributed by atoms with van der Waals surface area (Å²) in [6.07, 6.45) is 2.70. The lowest BCUT2D eigenvalue weighted by Crippen LogP contribution is -2.54. The lowest BCUT2D eigenvalue weighted by Gasteiger charge is -2.36. The first-order valence-corrected chi connectivity index (χ1v) is 10.9. The number of fused-ring (bicyclic) bond motifs is 1. The van der Waals surface area contributed by atoms with E-state index in [9.17, 15) is 14.4 Å². The second kappa shape index (κ2) is 9.01. The highest BCUT2D eigenvalue weighted by Gasteiger charge is 2.38. The number of benzene rings is 1. The second-order valence-electron chi connectivity index (χ2n) is 8.34. The highest BCUT2D eigenvalue weighted by atomic mass is 16.2. The van der Waals surface area contributed by atoms with Gasteiger partial charge in [0.25, 0.3) is 5.91 Å². The summed E-state index contributed by atoms with van der Waals surface area (Å²) < 4.78 is 0. The first kappa shape index (κ1) is 21.2. The number of carbonyl (C=O) groups excluding carboxylic acids is 3. The zero-order valence-electron chi connectivity index (χ0n) is 18.1. The molecular formula is C23H29N5O3. The maximum absolute atomic E-state index is 13.1. The number of hydrogen-bond donors (Lipinski definition) is 1. The van der Waals surface area contributed by atoms with Gasteiger partial charge in [-0.1, -0.05) is 25.1 Å². The summed E-state index contributed by atoms with van der Waals surface area (Å²) in [5.74, 6) is 0.0442. The van der Waals surface area contributed by atoms with Crippen molar-refractivity contribution in [3.63, 3.8) is 0 Å². The Labute approximate surface area is 182 Å². The Morgan fingerprint density at radius 3 is 2.55 bits per heavy atom. The molecule has 8 heteroatoms. The van der Waals surface area contributed by atoms with Gasteiger partial charge in [0.15, 0.2) is 0 Å². The van der Waals surface area contributed by atoms with Crippen LogP contribution in [0.3, 0.4) is 0 Å². The number of piperazine rings is 1. The van der Waals surface area contributed by atoms with Crippen molar-refractivity contribution in [3.8, 4) is 0 Å². The van der Waals surface area contributed by atoms with E-state index in [1.54, 1.807) is 11.1 Å². The van der Waals surface area contributed by atoms with Crippen LogP contribution in [0.4, 0.5) is 0 Å². The monoisotopic (exact) mass is 423 g/mol. The summed E-state index contributed by atoms with van der Waals surface area (Å²) >= 11 is 0. The minimum Gasteiger partial charge on any atom is -0.352 e. The van der Waals surface area contributed by atoms with Gasteiger partial charge in [0.1, 0.15) is 0 Å². The van der Waals surface area contributed by atoms with Crippen LogP contribution in [-0.4, -0.2) is 89.3 Å². The molecule has 2 aliphatic rings. The molecule has 1 aromatic heterocycles. The molecule has 2 atom stereocenters. The molecule has 1 aromatic carbocycles. The SMILES string of the molecule is CCC(=O)N[C@@H]1C[C@@H](C(=O)N2CCN(C(=O)c3cnc4ccccc4c3)CC2)N(C)C1. The number of amides is 3. The molecule has 0 radical (unpaired) electrons. The second-order valence-corrected chi connectivity index (χ2v) is 8.34. The largest absolute Gasteiger partial charge is 0.352 e. The molecule has 0 unspecified atom stereocenters. The van der Waals surface area contributed by atoms with Crippen molar-refractivity contribution < 1.29 is 14.4 Å². The van der Waals surface area contributed by atoms with Crippen LogP contribution < -0.4 is 5.32 Å². The van der Waals surface area contributed by atoms with Gasteiger partial charge < -0.3 is 15.1 Å². The zero-order chi connectivity index (χ0) is 22.0. The standard InChI is InChI=1S/C23H29N5O3/c1-3-21(29)25-18-13-20(26(2)15-18)23(31)28-10-8-27(9-11-28)22(30)17-12-16-6-4-5-7-19(16)24-14-17/h4-7,12,14,18,20H,3,8-11,13,15H2,1-2H3,(H,25,29)/t18-,20+/m1/s1. The predicted octanol–water partition coefficient (Wildman–Crippen LogP) is 1.12. The van der Waals surface area contributed by atoms with Crippen molar-refractivity contribution >= 4 is 28.6 Å². The van der Waals surface area contributed by atoms with Crippen molar-refractivity contribution in [1.29, 1.82) is 0 Å². The van der Waals surface area contributed by atoms with Crippen LogP contribution >= 0.6 is 0 Å². The number of pyridine rings is 1. The molecule has 1 N–H and O–H groups in total. The summed E-state index contributed by atoms with van der Waals surface area (Å²) in [6, 6.07) is 9.38. The molecule has 2 fully saturated rings. The number of aromatic nitrogens is 1. The molecule has 8 nitrogen and oxygen atoms in total. The summed E-state index contributed by atoms with van der Waals surface area (Å²) in [7, 11) is 1.92. The van der Waals surface area contributed by atoms with Gasteiger partial charge in [-0.15, -0.1) is 0 Å². The van der Waals surface area contributed by atoms with E-state index in [4.69, 9.17) is 0 Å². The number of rotatable bonds is 4. The Bertz CT molecular complexity index is 986. The molecule has 2 saturated heterocycles. The van der Waals surface area contributed by atoms with Crippen LogP contribution in [0.15, 0.2) is 36.5 Å². The van der Waals surface area contributed by atoms with Crippen LogP contribution in [0.2, 0.25) is 0 Å². The molecule has 3 amide bonds. The van der Waals surface area contributed by atoms with Crippen molar-refractivity contribution in [1.82, 2.24) is 25.0 Å². The van der Waals surface area contributed by atoms with E-state index >= 15 is 0 Å². The number of carbonyl (C=O) groups is 3. The maximum Gasteiger partial charge on any atom is 0.255 e. The minimum atomic E-state index is -0.228. The molecule has 0 spiro atoms. The highest BCUT2D eigenvalue weighted by Crippen LogP contribution is 2.20. The van der Waals surface area contributed by atoms with E-state index in [0.717, 1.165) is 10.9 Å². The summed E-state index contributed by atoms with van der Waals surface area (Å²) in [5.41, 5.74) is 1.44. The van der Waals surface area contributed by atoms with E-state index in [0.29, 0.717) is 51.1 Å². The third kappa shape index (κ3) is 4.54. The third-order valence-electron chi connectivity index (χ3n) is 6.24. The van der Waals surface area contributed by atoms with Crippen LogP contribution in [0.5, 0.6) is 0 Å². The van der Waals surface area contributed by atoms with Crippen molar-refractivity contribution in [2.45, 2.75) is 31.8 Å². The number of nitrogens with zero attached hydrogens (tertiary/aromatic N) is 4. The minimum absolute atomic E-state index is 0.00895. The molecule has 0 aliphatic carbocycles. The van der Waals surface area contributed by atoms with Gasteiger partial charge in [0.2, 0.25) is 11.8 Å². The topological polar surface area (TPSA) is 85.8 Å². The third-order valence-corrected chi connectivity index (χ3v) is 6.24. The number of para-hydroxylation sites is 1. The Balaban J connectivity index is 1.34. The Hall–Kier alpha value is -3.00. The fourth-order valence-electron chi connectivity index (χ4n) is 4.43. The lowest BCUT2D eigenvalue weighted by molar-refractivity contribution is -0.137. The predicted molar refractivity (Wildman–Crippen MR) is 117 cm³/mol. The van der Waals surface area contributed by atoms with E-state index < -0.39 is 0 Å². The van der Waals surface area contributed by atoms with Crippen molar-refractivity contribution in [3.05, 3.63) is 42.1 Å². The van der Waals surface area contributed by atoms with Crippen molar-refractivity contribution in [2.75, 3.05) is 39.8 Å². The molecule has 2 aliphatic heterocycles. The number of likely N-dealkylation sites (N-methyl/N-ethyl adjacent to an activating group) is 1. The molecule has 3 heterocycles. The molecule has 0 saturated carbocycles. The van der Waals surface area contributed by atoms with Gasteiger partial charge in [-0.2, -0.15) is 0 Å². The Morgan fingerprint density at radius 2 is 1.81 bits per heavy atom. The van der Waals surface area contributed by atoms with Gasteiger partial charge in [0.05, 0.1) is 17.1 Å². The summed E-state index contributed by atoms with van der Waals surface area (Å²) in [4.78, 5) is 47.7. The van der Waals surface area contributed by atoms with Crippen LogP contribution in [0, 0.1) is 0 Å². The molecule has 2 aromatic rings. The zero-order valence-corrected chi connectivity index (χ0v) is 18.1. The highest BCUT2D eigenvalue weighted by molar-refractivity contribution is 5.97. The number of likely N-dealkylation sites (tertiary alicyclic amines) is 1. The van der Waals surface area contributed by atoms with Gasteiger partial charge in [-0.3, -0.25) is 24.3 Å². The normalized spacial score (nSPS) is 22.0. The molecular weight excluding hydrogens is 394 g/mol. The van der Waals surface area contributed by atoms with Gasteiger partial charge in [-0.05, 0) is 25.6 Å².